The van der Waals surface area contributed by atoms with Crippen LogP contribution in [-0.2, 0) is 6.42 Å². The number of nitro benzene ring substituents is 1. The first-order valence-electron chi connectivity index (χ1n) is 8.31. The topological polar surface area (TPSA) is 75.5 Å². The van der Waals surface area contributed by atoms with E-state index in [-0.39, 0.29) is 28.2 Å². The first-order valence-corrected chi connectivity index (χ1v) is 8.68. The molecule has 0 aliphatic heterocycles. The first-order chi connectivity index (χ1) is 12.3. The SMILES string of the molecule is CCc1ccc(C(CNC(=O)c2ccc([N+](=O)[O-])cc2Cl)N(C)C)cc1. The number of carbonyl (C=O) groups is 1. The van der Waals surface area contributed by atoms with Gasteiger partial charge in [0, 0.05) is 18.7 Å². The average Bonchev–Trinajstić information content (AvgIpc) is 2.61. The van der Waals surface area contributed by atoms with Crippen LogP contribution in [0.1, 0.15) is 34.5 Å². The second kappa shape index (κ2) is 8.78. The van der Waals surface area contributed by atoms with E-state index < -0.39 is 4.92 Å². The number of nitro groups is 1. The number of hydrogen-bond acceptors (Lipinski definition) is 4. The molecule has 0 saturated heterocycles. The van der Waals surface area contributed by atoms with Crippen molar-refractivity contribution in [3.8, 4) is 0 Å². The highest BCUT2D eigenvalue weighted by atomic mass is 35.5. The van der Waals surface area contributed by atoms with Crippen molar-refractivity contribution >= 4 is 23.2 Å². The second-order valence-corrected chi connectivity index (χ2v) is 6.61. The van der Waals surface area contributed by atoms with Crippen LogP contribution in [0.2, 0.25) is 5.02 Å². The van der Waals surface area contributed by atoms with E-state index in [9.17, 15) is 14.9 Å². The fourth-order valence-electron chi connectivity index (χ4n) is 2.66. The smallest absolute Gasteiger partial charge is 0.270 e. The minimum Gasteiger partial charge on any atom is -0.350 e. The Kier molecular flexibility index (Phi) is 6.71. The van der Waals surface area contributed by atoms with Crippen LogP contribution in [0.5, 0.6) is 0 Å². The van der Waals surface area contributed by atoms with Crippen molar-refractivity contribution in [2.24, 2.45) is 0 Å². The van der Waals surface area contributed by atoms with Crippen LogP contribution in [-0.4, -0.2) is 36.4 Å². The van der Waals surface area contributed by atoms with Gasteiger partial charge in [0.05, 0.1) is 21.6 Å². The lowest BCUT2D eigenvalue weighted by atomic mass is 10.0. The van der Waals surface area contributed by atoms with Crippen LogP contribution in [0.3, 0.4) is 0 Å². The lowest BCUT2D eigenvalue weighted by molar-refractivity contribution is -0.384. The summed E-state index contributed by atoms with van der Waals surface area (Å²) in [6.07, 6.45) is 0.974. The van der Waals surface area contributed by atoms with Crippen molar-refractivity contribution < 1.29 is 9.72 Å². The Labute approximate surface area is 157 Å². The molecule has 0 aliphatic carbocycles. The number of hydrogen-bond donors (Lipinski definition) is 1. The largest absolute Gasteiger partial charge is 0.350 e. The number of nitrogens with zero attached hydrogens (tertiary/aromatic N) is 2. The zero-order valence-corrected chi connectivity index (χ0v) is 15.8. The fourth-order valence-corrected chi connectivity index (χ4v) is 2.92. The Morgan fingerprint density at radius 3 is 2.38 bits per heavy atom. The molecular weight excluding hydrogens is 354 g/mol. The highest BCUT2D eigenvalue weighted by Gasteiger charge is 2.18. The number of non-ortho nitro benzene ring substituents is 1. The molecule has 0 aliphatic rings. The molecule has 2 rings (SSSR count). The van der Waals surface area contributed by atoms with Crippen LogP contribution in [0.4, 0.5) is 5.69 Å². The predicted octanol–water partition coefficient (Wildman–Crippen LogP) is 3.84. The molecule has 1 amide bonds. The van der Waals surface area contributed by atoms with E-state index in [4.69, 9.17) is 11.6 Å². The maximum Gasteiger partial charge on any atom is 0.270 e. The van der Waals surface area contributed by atoms with Crippen molar-refractivity contribution in [2.75, 3.05) is 20.6 Å². The lowest BCUT2D eigenvalue weighted by Crippen LogP contribution is -2.34. The van der Waals surface area contributed by atoms with Crippen molar-refractivity contribution in [1.29, 1.82) is 0 Å². The van der Waals surface area contributed by atoms with Gasteiger partial charge in [0.15, 0.2) is 0 Å². The third-order valence-electron chi connectivity index (χ3n) is 4.26. The molecule has 0 spiro atoms. The normalized spacial score (nSPS) is 12.0. The van der Waals surface area contributed by atoms with Gasteiger partial charge < -0.3 is 10.2 Å². The molecule has 6 nitrogen and oxygen atoms in total. The third kappa shape index (κ3) is 4.80. The molecule has 1 N–H and O–H groups in total. The fraction of sp³-hybridized carbons (Fsp3) is 0.316. The van der Waals surface area contributed by atoms with Gasteiger partial charge in [0.25, 0.3) is 11.6 Å². The Morgan fingerprint density at radius 2 is 1.88 bits per heavy atom. The Morgan fingerprint density at radius 1 is 1.23 bits per heavy atom. The summed E-state index contributed by atoms with van der Waals surface area (Å²) in [6.45, 7) is 2.50. The molecule has 138 valence electrons. The summed E-state index contributed by atoms with van der Waals surface area (Å²) in [5.74, 6) is -0.359. The zero-order chi connectivity index (χ0) is 19.3. The molecule has 0 heterocycles. The van der Waals surface area contributed by atoms with E-state index in [2.05, 4.69) is 36.5 Å². The predicted molar refractivity (Wildman–Crippen MR) is 103 cm³/mol. The first kappa shape index (κ1) is 19.9. The number of halogens is 1. The van der Waals surface area contributed by atoms with E-state index >= 15 is 0 Å². The molecule has 0 radical (unpaired) electrons. The molecule has 1 atom stereocenters. The van der Waals surface area contributed by atoms with E-state index in [0.29, 0.717) is 6.54 Å². The summed E-state index contributed by atoms with van der Waals surface area (Å²) < 4.78 is 0. The summed E-state index contributed by atoms with van der Waals surface area (Å²) in [7, 11) is 3.90. The van der Waals surface area contributed by atoms with E-state index in [0.717, 1.165) is 12.0 Å². The second-order valence-electron chi connectivity index (χ2n) is 6.21. The van der Waals surface area contributed by atoms with Gasteiger partial charge in [-0.05, 0) is 37.7 Å². The quantitative estimate of drug-likeness (QED) is 0.589. The van der Waals surface area contributed by atoms with E-state index in [1.54, 1.807) is 0 Å². The molecular formula is C19H22ClN3O3. The third-order valence-corrected chi connectivity index (χ3v) is 4.57. The van der Waals surface area contributed by atoms with Crippen molar-refractivity contribution in [3.63, 3.8) is 0 Å². The van der Waals surface area contributed by atoms with Gasteiger partial charge in [-0.25, -0.2) is 0 Å². The van der Waals surface area contributed by atoms with Gasteiger partial charge in [-0.2, -0.15) is 0 Å². The van der Waals surface area contributed by atoms with Gasteiger partial charge >= 0.3 is 0 Å². The van der Waals surface area contributed by atoms with Gasteiger partial charge in [-0.3, -0.25) is 14.9 Å². The molecule has 2 aromatic rings. The Balaban J connectivity index is 2.11. The van der Waals surface area contributed by atoms with Crippen LogP contribution in [0.25, 0.3) is 0 Å². The number of likely N-dealkylation sites (N-methyl/N-ethyl adjacent to an activating group) is 1. The monoisotopic (exact) mass is 375 g/mol. The van der Waals surface area contributed by atoms with Crippen LogP contribution >= 0.6 is 11.6 Å². The van der Waals surface area contributed by atoms with Crippen LogP contribution < -0.4 is 5.32 Å². The van der Waals surface area contributed by atoms with Gasteiger partial charge in [0.1, 0.15) is 0 Å². The number of rotatable bonds is 7. The molecule has 0 bridgehead atoms. The van der Waals surface area contributed by atoms with Crippen molar-refractivity contribution in [1.82, 2.24) is 10.2 Å². The maximum absolute atomic E-state index is 12.4. The molecule has 26 heavy (non-hydrogen) atoms. The molecule has 2 aromatic carbocycles. The Hall–Kier alpha value is -2.44. The highest BCUT2D eigenvalue weighted by Crippen LogP contribution is 2.23. The standard InChI is InChI=1S/C19H22ClN3O3/c1-4-13-5-7-14(8-6-13)18(22(2)3)12-21-19(24)16-10-9-15(23(25)26)11-17(16)20/h5-11,18H,4,12H2,1-3H3,(H,21,24). The van der Waals surface area contributed by atoms with E-state index in [1.165, 1.54) is 23.8 Å². The lowest BCUT2D eigenvalue weighted by Gasteiger charge is -2.25. The van der Waals surface area contributed by atoms with Crippen LogP contribution in [0.15, 0.2) is 42.5 Å². The number of nitrogens with one attached hydrogen (secondary N) is 1. The van der Waals surface area contributed by atoms with Gasteiger partial charge in [0.2, 0.25) is 0 Å². The highest BCUT2D eigenvalue weighted by molar-refractivity contribution is 6.34. The van der Waals surface area contributed by atoms with Gasteiger partial charge in [-0.1, -0.05) is 42.8 Å². The summed E-state index contributed by atoms with van der Waals surface area (Å²) in [5, 5.41) is 13.7. The summed E-state index contributed by atoms with van der Waals surface area (Å²) >= 11 is 6.02. The molecule has 0 aromatic heterocycles. The van der Waals surface area contributed by atoms with Crippen molar-refractivity contribution in [3.05, 3.63) is 74.3 Å². The minimum atomic E-state index is -0.546. The molecule has 0 saturated carbocycles. The maximum atomic E-state index is 12.4. The molecule has 7 heteroatoms. The summed E-state index contributed by atoms with van der Waals surface area (Å²) in [4.78, 5) is 24.7. The summed E-state index contributed by atoms with van der Waals surface area (Å²) in [6, 6.07) is 12.1. The average molecular weight is 376 g/mol. The van der Waals surface area contributed by atoms with Crippen LogP contribution in [0, 0.1) is 10.1 Å². The number of benzene rings is 2. The van der Waals surface area contributed by atoms with E-state index in [1.807, 2.05) is 19.0 Å². The van der Waals surface area contributed by atoms with Crippen molar-refractivity contribution in [2.45, 2.75) is 19.4 Å². The molecule has 0 fully saturated rings. The number of aryl methyl sites for hydroxylation is 1. The van der Waals surface area contributed by atoms with Gasteiger partial charge in [-0.15, -0.1) is 0 Å². The summed E-state index contributed by atoms with van der Waals surface area (Å²) in [5.41, 5.74) is 2.43. The number of carbonyl (C=O) groups excluding carboxylic acids is 1. The zero-order valence-electron chi connectivity index (χ0n) is 15.0. The Bertz CT molecular complexity index is 791. The number of amides is 1. The molecule has 1 unspecified atom stereocenters. The minimum absolute atomic E-state index is 0.00156.